The van der Waals surface area contributed by atoms with E-state index in [1.165, 1.54) is 11.1 Å². The molecule has 0 bridgehead atoms. The Kier molecular flexibility index (Phi) is 2.69. The Morgan fingerprint density at radius 1 is 1.06 bits per heavy atom. The summed E-state index contributed by atoms with van der Waals surface area (Å²) in [5, 5.41) is 4.64. The summed E-state index contributed by atoms with van der Waals surface area (Å²) >= 11 is 0. The summed E-state index contributed by atoms with van der Waals surface area (Å²) in [5.74, 6) is 0. The summed E-state index contributed by atoms with van der Waals surface area (Å²) in [5.41, 5.74) is 4.44. The van der Waals surface area contributed by atoms with Gasteiger partial charge in [-0.1, -0.05) is 47.7 Å². The Morgan fingerprint density at radius 2 is 1.89 bits per heavy atom. The van der Waals surface area contributed by atoms with Crippen molar-refractivity contribution < 1.29 is 4.57 Å². The number of fused-ring (bicyclic) bond motifs is 1. The van der Waals surface area contributed by atoms with E-state index in [0.29, 0.717) is 0 Å². The first kappa shape index (κ1) is 10.8. The molecular formula is C16H14N2. The minimum Gasteiger partial charge on any atom is -0.653 e. The van der Waals surface area contributed by atoms with E-state index in [9.17, 15) is 0 Å². The molecule has 2 heterocycles. The molecule has 2 heteroatoms. The summed E-state index contributed by atoms with van der Waals surface area (Å²) in [7, 11) is 0. The predicted octanol–water partition coefficient (Wildman–Crippen LogP) is 3.81. The third-order valence-corrected chi connectivity index (χ3v) is 2.89. The minimum atomic E-state index is 0.961. The molecular weight excluding hydrogens is 220 g/mol. The van der Waals surface area contributed by atoms with Gasteiger partial charge in [0.15, 0.2) is 18.6 Å². The molecule has 2 aromatic rings. The Balaban J connectivity index is 1.93. The molecule has 0 unspecified atom stereocenters. The molecule has 1 aliphatic heterocycles. The minimum absolute atomic E-state index is 0.961. The topological polar surface area (TPSA) is 18.0 Å². The zero-order valence-corrected chi connectivity index (χ0v) is 10.2. The molecule has 0 saturated heterocycles. The van der Waals surface area contributed by atoms with Gasteiger partial charge in [-0.3, -0.25) is 0 Å². The van der Waals surface area contributed by atoms with Crippen molar-refractivity contribution in [1.29, 1.82) is 0 Å². The second-order valence-corrected chi connectivity index (χ2v) is 4.38. The van der Waals surface area contributed by atoms with E-state index in [4.69, 9.17) is 0 Å². The molecule has 0 atom stereocenters. The average molecular weight is 234 g/mol. The first-order valence-corrected chi connectivity index (χ1v) is 5.99. The highest BCUT2D eigenvalue weighted by Gasteiger charge is 1.99. The molecule has 0 aliphatic carbocycles. The molecule has 0 N–H and O–H groups in total. The largest absolute Gasteiger partial charge is 0.653 e. The molecule has 18 heavy (non-hydrogen) atoms. The summed E-state index contributed by atoms with van der Waals surface area (Å²) in [6, 6.07) is 12.3. The first-order valence-electron chi connectivity index (χ1n) is 5.99. The highest BCUT2D eigenvalue weighted by molar-refractivity contribution is 5.79. The van der Waals surface area contributed by atoms with Crippen molar-refractivity contribution in [1.82, 2.24) is 0 Å². The van der Waals surface area contributed by atoms with Crippen LogP contribution in [0.15, 0.2) is 60.6 Å². The quantitative estimate of drug-likeness (QED) is 0.668. The second kappa shape index (κ2) is 4.49. The monoisotopic (exact) mass is 234 g/mol. The number of aromatic nitrogens is 1. The smallest absolute Gasteiger partial charge is 0.174 e. The molecule has 0 amide bonds. The zero-order valence-electron chi connectivity index (χ0n) is 10.2. The molecule has 3 rings (SSSR count). The van der Waals surface area contributed by atoms with Crippen molar-refractivity contribution in [2.24, 2.45) is 0 Å². The van der Waals surface area contributed by atoms with Crippen LogP contribution in [0.1, 0.15) is 11.1 Å². The van der Waals surface area contributed by atoms with E-state index in [1.807, 2.05) is 47.4 Å². The SMILES string of the molecule is Cc1ccc2c(c1)C=C/C(=C\[n+]1ccccc1)[N-]2. The van der Waals surface area contributed by atoms with Crippen molar-refractivity contribution in [3.8, 4) is 0 Å². The van der Waals surface area contributed by atoms with Crippen molar-refractivity contribution in [2.75, 3.05) is 0 Å². The van der Waals surface area contributed by atoms with E-state index in [2.05, 4.69) is 36.5 Å². The van der Waals surface area contributed by atoms with Crippen LogP contribution in [0.2, 0.25) is 0 Å². The Morgan fingerprint density at radius 3 is 2.72 bits per heavy atom. The van der Waals surface area contributed by atoms with Crippen LogP contribution in [0.25, 0.3) is 17.6 Å². The third kappa shape index (κ3) is 2.18. The molecule has 1 aromatic heterocycles. The van der Waals surface area contributed by atoms with E-state index < -0.39 is 0 Å². The van der Waals surface area contributed by atoms with Gasteiger partial charge < -0.3 is 5.32 Å². The van der Waals surface area contributed by atoms with Crippen LogP contribution in [-0.4, -0.2) is 0 Å². The number of aryl methyl sites for hydroxylation is 1. The fourth-order valence-electron chi connectivity index (χ4n) is 1.98. The average Bonchev–Trinajstić information content (AvgIpc) is 2.40. The third-order valence-electron chi connectivity index (χ3n) is 2.89. The molecule has 88 valence electrons. The highest BCUT2D eigenvalue weighted by atomic mass is 15.0. The van der Waals surface area contributed by atoms with E-state index >= 15 is 0 Å². The van der Waals surface area contributed by atoms with Crippen LogP contribution in [-0.2, 0) is 0 Å². The van der Waals surface area contributed by atoms with Gasteiger partial charge in [0.2, 0.25) is 0 Å². The van der Waals surface area contributed by atoms with Gasteiger partial charge in [-0.25, -0.2) is 0 Å². The van der Waals surface area contributed by atoms with Crippen LogP contribution < -0.4 is 4.57 Å². The van der Waals surface area contributed by atoms with Gasteiger partial charge in [-0.2, -0.15) is 4.57 Å². The van der Waals surface area contributed by atoms with Crippen molar-refractivity contribution >= 4 is 18.0 Å². The lowest BCUT2D eigenvalue weighted by molar-refractivity contribution is -0.568. The van der Waals surface area contributed by atoms with Crippen LogP contribution in [0, 0.1) is 6.92 Å². The summed E-state index contributed by atoms with van der Waals surface area (Å²) in [6.45, 7) is 2.10. The van der Waals surface area contributed by atoms with Gasteiger partial charge >= 0.3 is 0 Å². The van der Waals surface area contributed by atoms with Gasteiger partial charge in [-0.05, 0) is 12.5 Å². The van der Waals surface area contributed by atoms with Crippen molar-refractivity contribution in [3.63, 3.8) is 0 Å². The highest BCUT2D eigenvalue weighted by Crippen LogP contribution is 2.34. The maximum absolute atomic E-state index is 4.64. The number of hydrogen-bond donors (Lipinski definition) is 0. The Hall–Kier alpha value is -2.35. The van der Waals surface area contributed by atoms with E-state index in [-0.39, 0.29) is 0 Å². The summed E-state index contributed by atoms with van der Waals surface area (Å²) < 4.78 is 2.00. The normalized spacial score (nSPS) is 15.3. The van der Waals surface area contributed by atoms with Gasteiger partial charge in [0.1, 0.15) is 0 Å². The van der Waals surface area contributed by atoms with Crippen molar-refractivity contribution in [3.05, 3.63) is 77.0 Å². The summed E-state index contributed by atoms with van der Waals surface area (Å²) in [6.07, 6.45) is 10.2. The van der Waals surface area contributed by atoms with Crippen LogP contribution in [0.4, 0.5) is 5.69 Å². The number of pyridine rings is 1. The number of nitrogens with zero attached hydrogens (tertiary/aromatic N) is 2. The zero-order chi connectivity index (χ0) is 12.4. The number of allylic oxidation sites excluding steroid dienone is 1. The second-order valence-electron chi connectivity index (χ2n) is 4.38. The summed E-state index contributed by atoms with van der Waals surface area (Å²) in [4.78, 5) is 0. The molecule has 1 aromatic carbocycles. The molecule has 0 saturated carbocycles. The molecule has 0 radical (unpaired) electrons. The lowest BCUT2D eigenvalue weighted by atomic mass is 10.1. The lowest BCUT2D eigenvalue weighted by Crippen LogP contribution is -2.24. The maximum Gasteiger partial charge on any atom is 0.174 e. The molecule has 0 fully saturated rings. The van der Waals surface area contributed by atoms with Crippen LogP contribution in [0.5, 0.6) is 0 Å². The van der Waals surface area contributed by atoms with Crippen molar-refractivity contribution in [2.45, 2.75) is 6.92 Å². The maximum atomic E-state index is 4.64. The fourth-order valence-corrected chi connectivity index (χ4v) is 1.98. The standard InChI is InChI=1S/C16H14N2/c1-13-5-8-16-14(11-13)6-7-15(17-16)12-18-9-3-2-4-10-18/h2-12H,1H3/b15-12+. The van der Waals surface area contributed by atoms with Gasteiger partial charge in [0.25, 0.3) is 0 Å². The van der Waals surface area contributed by atoms with Gasteiger partial charge in [0.05, 0.1) is 0 Å². The lowest BCUT2D eigenvalue weighted by Gasteiger charge is -2.28. The van der Waals surface area contributed by atoms with Crippen LogP contribution in [0.3, 0.4) is 0 Å². The predicted molar refractivity (Wildman–Crippen MR) is 74.1 cm³/mol. The number of benzene rings is 1. The Labute approximate surface area is 107 Å². The first-order chi connectivity index (χ1) is 8.81. The molecule has 2 nitrogen and oxygen atoms in total. The van der Waals surface area contributed by atoms with Gasteiger partial charge in [0, 0.05) is 12.1 Å². The number of rotatable bonds is 1. The van der Waals surface area contributed by atoms with E-state index in [1.54, 1.807) is 0 Å². The molecule has 0 spiro atoms. The van der Waals surface area contributed by atoms with E-state index in [0.717, 1.165) is 11.4 Å². The van der Waals surface area contributed by atoms with Crippen LogP contribution >= 0.6 is 0 Å². The fraction of sp³-hybridized carbons (Fsp3) is 0.0625. The van der Waals surface area contributed by atoms with Gasteiger partial charge in [-0.15, -0.1) is 5.69 Å². The molecule has 1 aliphatic rings. The Bertz CT molecular complexity index is 625. The number of hydrogen-bond acceptors (Lipinski definition) is 0.